The first kappa shape index (κ1) is 33.0. The Morgan fingerprint density at radius 1 is 1.10 bits per heavy atom. The van der Waals surface area contributed by atoms with Crippen molar-refractivity contribution in [1.82, 2.24) is 15.3 Å². The van der Waals surface area contributed by atoms with E-state index in [1.54, 1.807) is 55.5 Å². The molecule has 1 fully saturated rings. The molecule has 13 heteroatoms. The Morgan fingerprint density at radius 2 is 1.86 bits per heavy atom. The molecule has 250 valence electrons. The number of fused-ring (bicyclic) bond motifs is 2. The molecule has 3 heterocycles. The Hall–Kier alpha value is -4.48. The highest BCUT2D eigenvalue weighted by atomic mass is 35.5. The van der Waals surface area contributed by atoms with Gasteiger partial charge in [0, 0.05) is 28.3 Å². The van der Waals surface area contributed by atoms with Gasteiger partial charge in [0.1, 0.15) is 46.1 Å². The number of carbonyl (C=O) groups excluding carboxylic acids is 2. The molecule has 2 aliphatic rings. The van der Waals surface area contributed by atoms with Gasteiger partial charge < -0.3 is 25.6 Å². The second-order valence-corrected chi connectivity index (χ2v) is 13.6. The smallest absolute Gasteiger partial charge is 0.251 e. The number of primary amides is 1. The van der Waals surface area contributed by atoms with E-state index in [4.69, 9.17) is 55.0 Å². The first-order valence-corrected chi connectivity index (χ1v) is 16.5. The predicted molar refractivity (Wildman–Crippen MR) is 184 cm³/mol. The molecule has 1 aliphatic heterocycles. The topological polar surface area (TPSA) is 137 Å². The van der Waals surface area contributed by atoms with Crippen LogP contribution in [-0.4, -0.2) is 46.1 Å². The lowest BCUT2D eigenvalue weighted by molar-refractivity contribution is -0.123. The van der Waals surface area contributed by atoms with Crippen molar-refractivity contribution in [2.45, 2.75) is 36.9 Å². The molecular formula is C36H28Cl3FN4O5. The van der Waals surface area contributed by atoms with E-state index >= 15 is 0 Å². The van der Waals surface area contributed by atoms with E-state index in [0.717, 1.165) is 18.9 Å². The van der Waals surface area contributed by atoms with Gasteiger partial charge in [0.2, 0.25) is 5.91 Å². The predicted octanol–water partition coefficient (Wildman–Crippen LogP) is 6.74. The van der Waals surface area contributed by atoms with Gasteiger partial charge in [0.05, 0.1) is 33.4 Å². The summed E-state index contributed by atoms with van der Waals surface area (Å²) in [5.41, 5.74) is 4.44. The number of halogens is 4. The minimum absolute atomic E-state index is 0.0366. The fourth-order valence-electron chi connectivity index (χ4n) is 5.83. The van der Waals surface area contributed by atoms with Gasteiger partial charge in [-0.2, -0.15) is 0 Å². The Bertz CT molecular complexity index is 2170. The second kappa shape index (κ2) is 12.4. The van der Waals surface area contributed by atoms with Crippen LogP contribution in [0.2, 0.25) is 15.1 Å². The fourth-order valence-corrected chi connectivity index (χ4v) is 6.41. The van der Waals surface area contributed by atoms with Crippen LogP contribution in [0, 0.1) is 5.82 Å². The van der Waals surface area contributed by atoms with E-state index in [1.807, 2.05) is 0 Å². The lowest BCUT2D eigenvalue weighted by atomic mass is 9.80. The third-order valence-corrected chi connectivity index (χ3v) is 9.95. The molecular weight excluding hydrogens is 694 g/mol. The van der Waals surface area contributed by atoms with Crippen molar-refractivity contribution in [3.05, 3.63) is 116 Å². The van der Waals surface area contributed by atoms with Crippen LogP contribution in [0.5, 0.6) is 11.5 Å². The zero-order chi connectivity index (χ0) is 34.7. The molecule has 2 aromatic heterocycles. The molecule has 2 amide bonds. The summed E-state index contributed by atoms with van der Waals surface area (Å²) in [4.78, 5) is 35.8. The summed E-state index contributed by atoms with van der Waals surface area (Å²) in [6.45, 7) is 1.13. The van der Waals surface area contributed by atoms with Gasteiger partial charge in [0.15, 0.2) is 0 Å². The van der Waals surface area contributed by atoms with Crippen molar-refractivity contribution in [2.75, 3.05) is 13.2 Å². The van der Waals surface area contributed by atoms with Gasteiger partial charge in [0.25, 0.3) is 5.91 Å². The molecule has 5 aromatic rings. The SMILES string of the molecule is C[C@]1(C(N)=O)COc2c1cc([C@@](O)(CNC(=O)c1cc(OC3CC3)c3ncc(Cl)cc3c1)c1ccccc1)nc2-c1ccc(F)c(Cl)c1Cl. The molecule has 1 saturated carbocycles. The molecule has 1 aliphatic carbocycles. The lowest BCUT2D eigenvalue weighted by Crippen LogP contribution is -2.43. The monoisotopic (exact) mass is 720 g/mol. The van der Waals surface area contributed by atoms with Crippen LogP contribution in [0.4, 0.5) is 4.39 Å². The Balaban J connectivity index is 1.34. The summed E-state index contributed by atoms with van der Waals surface area (Å²) in [5, 5.41) is 16.0. The van der Waals surface area contributed by atoms with Crippen LogP contribution in [0.1, 0.15) is 46.9 Å². The number of rotatable bonds is 9. The number of amides is 2. The first-order chi connectivity index (χ1) is 23.4. The minimum Gasteiger partial charge on any atom is -0.489 e. The van der Waals surface area contributed by atoms with E-state index in [1.165, 1.54) is 18.3 Å². The van der Waals surface area contributed by atoms with Gasteiger partial charge in [-0.15, -0.1) is 0 Å². The molecule has 3 aromatic carbocycles. The van der Waals surface area contributed by atoms with Gasteiger partial charge in [-0.05, 0) is 61.7 Å². The van der Waals surface area contributed by atoms with Crippen LogP contribution < -0.4 is 20.5 Å². The summed E-state index contributed by atoms with van der Waals surface area (Å²) < 4.78 is 26.4. The maximum atomic E-state index is 14.4. The van der Waals surface area contributed by atoms with Crippen LogP contribution in [0.25, 0.3) is 22.2 Å². The van der Waals surface area contributed by atoms with Gasteiger partial charge in [-0.1, -0.05) is 65.1 Å². The van der Waals surface area contributed by atoms with E-state index in [0.29, 0.717) is 32.8 Å². The van der Waals surface area contributed by atoms with Crippen molar-refractivity contribution in [1.29, 1.82) is 0 Å². The number of ether oxygens (including phenoxy) is 2. The number of carbonyl (C=O) groups is 2. The normalized spacial score (nSPS) is 18.0. The molecule has 0 unspecified atom stereocenters. The van der Waals surface area contributed by atoms with Crippen LogP contribution in [0.3, 0.4) is 0 Å². The number of aromatic nitrogens is 2. The zero-order valence-electron chi connectivity index (χ0n) is 25.9. The molecule has 4 N–H and O–H groups in total. The van der Waals surface area contributed by atoms with E-state index in [-0.39, 0.29) is 57.6 Å². The minimum atomic E-state index is -1.98. The average Bonchev–Trinajstić information content (AvgIpc) is 3.85. The fraction of sp³-hybridized carbons (Fsp3) is 0.222. The van der Waals surface area contributed by atoms with Crippen molar-refractivity contribution in [3.63, 3.8) is 0 Å². The lowest BCUT2D eigenvalue weighted by Gasteiger charge is -2.30. The number of hydrogen-bond donors (Lipinski definition) is 3. The van der Waals surface area contributed by atoms with E-state index in [2.05, 4.69) is 10.3 Å². The number of nitrogens with two attached hydrogens (primary N) is 1. The van der Waals surface area contributed by atoms with Crippen molar-refractivity contribution in [3.8, 4) is 22.8 Å². The molecule has 9 nitrogen and oxygen atoms in total. The molecule has 0 bridgehead atoms. The largest absolute Gasteiger partial charge is 0.489 e. The van der Waals surface area contributed by atoms with Crippen LogP contribution in [0.15, 0.2) is 72.9 Å². The average molecular weight is 722 g/mol. The highest BCUT2D eigenvalue weighted by molar-refractivity contribution is 6.43. The zero-order valence-corrected chi connectivity index (χ0v) is 28.2. The third kappa shape index (κ3) is 5.93. The van der Waals surface area contributed by atoms with Gasteiger partial charge >= 0.3 is 0 Å². The second-order valence-electron chi connectivity index (χ2n) is 12.4. The quantitative estimate of drug-likeness (QED) is 0.144. The van der Waals surface area contributed by atoms with Crippen molar-refractivity contribution >= 4 is 57.5 Å². The number of pyridine rings is 2. The number of hydrogen-bond acceptors (Lipinski definition) is 7. The maximum absolute atomic E-state index is 14.4. The van der Waals surface area contributed by atoms with Crippen molar-refractivity contribution in [2.24, 2.45) is 5.73 Å². The van der Waals surface area contributed by atoms with Gasteiger partial charge in [-0.3, -0.25) is 14.6 Å². The molecule has 2 atom stereocenters. The molecule has 0 saturated heterocycles. The summed E-state index contributed by atoms with van der Waals surface area (Å²) in [6, 6.07) is 17.6. The van der Waals surface area contributed by atoms with Crippen molar-refractivity contribution < 1.29 is 28.6 Å². The summed E-state index contributed by atoms with van der Waals surface area (Å²) in [6.07, 6.45) is 3.37. The number of benzene rings is 3. The maximum Gasteiger partial charge on any atom is 0.251 e. The summed E-state index contributed by atoms with van der Waals surface area (Å²) in [5.74, 6) is -1.31. The number of nitrogens with one attached hydrogen (secondary N) is 1. The molecule has 7 rings (SSSR count). The molecule has 0 spiro atoms. The van der Waals surface area contributed by atoms with E-state index in [9.17, 15) is 19.1 Å². The van der Waals surface area contributed by atoms with E-state index < -0.39 is 28.6 Å². The molecule has 49 heavy (non-hydrogen) atoms. The van der Waals surface area contributed by atoms with Gasteiger partial charge in [-0.25, -0.2) is 9.37 Å². The Kier molecular flexibility index (Phi) is 8.39. The highest BCUT2D eigenvalue weighted by Gasteiger charge is 2.46. The number of aliphatic hydroxyl groups is 1. The summed E-state index contributed by atoms with van der Waals surface area (Å²) >= 11 is 18.9. The first-order valence-electron chi connectivity index (χ1n) is 15.3. The highest BCUT2D eigenvalue weighted by Crippen LogP contribution is 2.48. The molecule has 0 radical (unpaired) electrons. The summed E-state index contributed by atoms with van der Waals surface area (Å²) in [7, 11) is 0. The Labute approximate surface area is 295 Å². The van der Waals surface area contributed by atoms with Crippen LogP contribution >= 0.6 is 34.8 Å². The number of nitrogens with zero attached hydrogens (tertiary/aromatic N) is 2. The van der Waals surface area contributed by atoms with Crippen LogP contribution in [-0.2, 0) is 15.8 Å². The Morgan fingerprint density at radius 3 is 2.57 bits per heavy atom. The standard InChI is InChI=1S/C36H28Cl3FN4O5/c1-35(34(41)46)17-48-32-24(35)14-27(44-31(32)23-9-10-25(40)29(39)28(23)38)36(47,20-5-3-2-4-6-20)16-43-33(45)19-11-18-12-21(37)15-42-30(18)26(13-19)49-22-7-8-22/h2-6,9-15,22,47H,7-8,16-17H2,1H3,(H2,41,46)(H,43,45)/t35-,36+/m0/s1. The third-order valence-electron chi connectivity index (χ3n) is 8.88.